The standard InChI is InChI=1S/C24H23F2N5O2/c1-14-22(18-9-8-17(25)12-19(18)26)23-28-20(13-21(32)31(23)29-14)15-4-6-16(7-5-15)24(33)27-10-11-30(2)3/h4-9,12-13,32H,10-11H2,1-3H3,(H,27,33). The van der Waals surface area contributed by atoms with Gasteiger partial charge in [-0.3, -0.25) is 4.79 Å². The number of rotatable bonds is 6. The van der Waals surface area contributed by atoms with E-state index in [1.165, 1.54) is 16.6 Å². The van der Waals surface area contributed by atoms with E-state index in [0.717, 1.165) is 18.7 Å². The molecule has 170 valence electrons. The van der Waals surface area contributed by atoms with Gasteiger partial charge in [0.05, 0.1) is 17.0 Å². The lowest BCUT2D eigenvalue weighted by molar-refractivity contribution is 0.0951. The van der Waals surface area contributed by atoms with Crippen molar-refractivity contribution in [3.8, 4) is 28.3 Å². The van der Waals surface area contributed by atoms with Crippen molar-refractivity contribution >= 4 is 11.6 Å². The number of aromatic hydroxyl groups is 1. The summed E-state index contributed by atoms with van der Waals surface area (Å²) in [7, 11) is 3.86. The Labute approximate surface area is 189 Å². The second-order valence-corrected chi connectivity index (χ2v) is 7.96. The number of amides is 1. The van der Waals surface area contributed by atoms with Crippen LogP contribution in [-0.2, 0) is 0 Å². The molecule has 2 aromatic carbocycles. The van der Waals surface area contributed by atoms with Crippen molar-refractivity contribution in [2.24, 2.45) is 0 Å². The van der Waals surface area contributed by atoms with Crippen LogP contribution in [0.4, 0.5) is 8.78 Å². The molecule has 0 atom stereocenters. The molecule has 1 amide bonds. The number of benzene rings is 2. The van der Waals surface area contributed by atoms with Crippen LogP contribution in [0.1, 0.15) is 16.1 Å². The molecule has 0 saturated heterocycles. The van der Waals surface area contributed by atoms with E-state index < -0.39 is 11.6 Å². The van der Waals surface area contributed by atoms with E-state index in [4.69, 9.17) is 0 Å². The molecule has 2 heterocycles. The van der Waals surface area contributed by atoms with Gasteiger partial charge >= 0.3 is 0 Å². The van der Waals surface area contributed by atoms with Gasteiger partial charge in [-0.25, -0.2) is 13.8 Å². The zero-order valence-corrected chi connectivity index (χ0v) is 18.4. The Kier molecular flexibility index (Phi) is 6.06. The molecule has 7 nitrogen and oxygen atoms in total. The van der Waals surface area contributed by atoms with Crippen LogP contribution in [-0.4, -0.2) is 57.7 Å². The van der Waals surface area contributed by atoms with Gasteiger partial charge in [0.25, 0.3) is 5.91 Å². The van der Waals surface area contributed by atoms with Crippen LogP contribution >= 0.6 is 0 Å². The van der Waals surface area contributed by atoms with Crippen LogP contribution in [0.3, 0.4) is 0 Å². The first kappa shape index (κ1) is 22.3. The van der Waals surface area contributed by atoms with Crippen molar-refractivity contribution < 1.29 is 18.7 Å². The van der Waals surface area contributed by atoms with Crippen molar-refractivity contribution in [3.63, 3.8) is 0 Å². The fraction of sp³-hybridized carbons (Fsp3) is 0.208. The number of hydrogen-bond acceptors (Lipinski definition) is 5. The first-order valence-electron chi connectivity index (χ1n) is 10.3. The molecule has 4 rings (SSSR count). The summed E-state index contributed by atoms with van der Waals surface area (Å²) in [6.45, 7) is 2.92. The Bertz CT molecular complexity index is 1330. The Balaban J connectivity index is 1.70. The number of nitrogens with zero attached hydrogens (tertiary/aromatic N) is 4. The van der Waals surface area contributed by atoms with Crippen LogP contribution < -0.4 is 5.32 Å². The third-order valence-corrected chi connectivity index (χ3v) is 5.23. The zero-order chi connectivity index (χ0) is 23.7. The number of fused-ring (bicyclic) bond motifs is 1. The van der Waals surface area contributed by atoms with Crippen molar-refractivity contribution in [2.45, 2.75) is 6.92 Å². The molecular weight excluding hydrogens is 428 g/mol. The highest BCUT2D eigenvalue weighted by atomic mass is 19.1. The highest BCUT2D eigenvalue weighted by Gasteiger charge is 2.20. The Morgan fingerprint density at radius 2 is 1.85 bits per heavy atom. The van der Waals surface area contributed by atoms with Gasteiger partial charge in [0.2, 0.25) is 5.88 Å². The maximum absolute atomic E-state index is 14.5. The van der Waals surface area contributed by atoms with Crippen LogP contribution in [0.15, 0.2) is 48.5 Å². The first-order valence-corrected chi connectivity index (χ1v) is 10.3. The quantitative estimate of drug-likeness (QED) is 0.468. The molecule has 0 radical (unpaired) electrons. The fourth-order valence-corrected chi connectivity index (χ4v) is 3.55. The highest BCUT2D eigenvalue weighted by Crippen LogP contribution is 2.33. The average molecular weight is 451 g/mol. The number of nitrogens with one attached hydrogen (secondary N) is 1. The van der Waals surface area contributed by atoms with Crippen molar-refractivity contribution in [1.29, 1.82) is 0 Å². The van der Waals surface area contributed by atoms with Crippen LogP contribution in [0.2, 0.25) is 0 Å². The molecule has 33 heavy (non-hydrogen) atoms. The molecule has 0 aliphatic heterocycles. The van der Waals surface area contributed by atoms with Gasteiger partial charge < -0.3 is 15.3 Å². The summed E-state index contributed by atoms with van der Waals surface area (Å²) in [6, 6.07) is 11.5. The number of carbonyl (C=O) groups excluding carboxylic acids is 1. The topological polar surface area (TPSA) is 82.8 Å². The summed E-state index contributed by atoms with van der Waals surface area (Å²) in [5.74, 6) is -1.80. The monoisotopic (exact) mass is 451 g/mol. The fourth-order valence-electron chi connectivity index (χ4n) is 3.55. The minimum absolute atomic E-state index is 0.137. The third-order valence-electron chi connectivity index (χ3n) is 5.23. The number of carbonyl (C=O) groups is 1. The maximum Gasteiger partial charge on any atom is 0.251 e. The van der Waals surface area contributed by atoms with Crippen molar-refractivity contribution in [1.82, 2.24) is 24.8 Å². The second-order valence-electron chi connectivity index (χ2n) is 7.96. The van der Waals surface area contributed by atoms with Crippen molar-refractivity contribution in [3.05, 3.63) is 71.4 Å². The van der Waals surface area contributed by atoms with Gasteiger partial charge in [-0.2, -0.15) is 9.61 Å². The molecule has 0 spiro atoms. The lowest BCUT2D eigenvalue weighted by Crippen LogP contribution is -2.31. The molecular formula is C24H23F2N5O2. The normalized spacial score (nSPS) is 11.3. The predicted molar refractivity (Wildman–Crippen MR) is 121 cm³/mol. The Morgan fingerprint density at radius 1 is 1.12 bits per heavy atom. The molecule has 0 bridgehead atoms. The van der Waals surface area contributed by atoms with E-state index in [0.29, 0.717) is 34.6 Å². The van der Waals surface area contributed by atoms with E-state index >= 15 is 0 Å². The lowest BCUT2D eigenvalue weighted by Gasteiger charge is -2.11. The molecule has 0 aliphatic rings. The van der Waals surface area contributed by atoms with Crippen LogP contribution in [0.5, 0.6) is 5.88 Å². The minimum Gasteiger partial charge on any atom is -0.493 e. The number of aromatic nitrogens is 3. The summed E-state index contributed by atoms with van der Waals surface area (Å²) in [5.41, 5.74) is 2.74. The third kappa shape index (κ3) is 4.54. The first-order chi connectivity index (χ1) is 15.7. The van der Waals surface area contributed by atoms with Gasteiger partial charge in [-0.05, 0) is 45.3 Å². The summed E-state index contributed by atoms with van der Waals surface area (Å²) in [4.78, 5) is 18.9. The number of likely N-dealkylation sites (N-methyl/N-ethyl adjacent to an activating group) is 1. The van der Waals surface area contributed by atoms with Gasteiger partial charge in [0.1, 0.15) is 11.6 Å². The van der Waals surface area contributed by atoms with E-state index in [2.05, 4.69) is 15.4 Å². The lowest BCUT2D eigenvalue weighted by atomic mass is 10.0. The molecule has 0 fully saturated rings. The van der Waals surface area contributed by atoms with E-state index in [1.54, 1.807) is 31.2 Å². The second kappa shape index (κ2) is 8.95. The molecule has 0 unspecified atom stereocenters. The van der Waals surface area contributed by atoms with Gasteiger partial charge in [-0.1, -0.05) is 12.1 Å². The minimum atomic E-state index is -0.746. The number of hydrogen-bond donors (Lipinski definition) is 2. The number of aryl methyl sites for hydroxylation is 1. The van der Waals surface area contributed by atoms with Gasteiger partial charge in [0, 0.05) is 41.9 Å². The molecule has 0 saturated carbocycles. The Hall–Kier alpha value is -3.85. The summed E-state index contributed by atoms with van der Waals surface area (Å²) >= 11 is 0. The molecule has 4 aromatic rings. The number of halogens is 2. The van der Waals surface area contributed by atoms with Crippen LogP contribution in [0.25, 0.3) is 28.0 Å². The predicted octanol–water partition coefficient (Wildman–Crippen LogP) is 3.65. The van der Waals surface area contributed by atoms with Crippen molar-refractivity contribution in [2.75, 3.05) is 27.2 Å². The summed E-state index contributed by atoms with van der Waals surface area (Å²) in [5, 5.41) is 17.6. The van der Waals surface area contributed by atoms with E-state index in [9.17, 15) is 18.7 Å². The highest BCUT2D eigenvalue weighted by molar-refractivity contribution is 5.94. The smallest absolute Gasteiger partial charge is 0.251 e. The Morgan fingerprint density at radius 3 is 2.52 bits per heavy atom. The molecule has 9 heteroatoms. The molecule has 2 N–H and O–H groups in total. The SMILES string of the molecule is Cc1nn2c(O)cc(-c3ccc(C(=O)NCCN(C)C)cc3)nc2c1-c1ccc(F)cc1F. The van der Waals surface area contributed by atoms with Gasteiger partial charge in [0.15, 0.2) is 5.65 Å². The zero-order valence-electron chi connectivity index (χ0n) is 18.4. The van der Waals surface area contributed by atoms with Crippen LogP contribution in [0, 0.1) is 18.6 Å². The summed E-state index contributed by atoms with van der Waals surface area (Å²) in [6.07, 6.45) is 0. The van der Waals surface area contributed by atoms with E-state index in [-0.39, 0.29) is 23.0 Å². The van der Waals surface area contributed by atoms with E-state index in [1.807, 2.05) is 19.0 Å². The molecule has 2 aromatic heterocycles. The van der Waals surface area contributed by atoms with Gasteiger partial charge in [-0.15, -0.1) is 0 Å². The maximum atomic E-state index is 14.5. The molecule has 0 aliphatic carbocycles. The summed E-state index contributed by atoms with van der Waals surface area (Å²) < 4.78 is 29.1. The largest absolute Gasteiger partial charge is 0.493 e. The average Bonchev–Trinajstić information content (AvgIpc) is 3.10.